The predicted molar refractivity (Wildman–Crippen MR) is 82.6 cm³/mol. The number of carbonyl (C=O) groups excluding carboxylic acids is 1. The Morgan fingerprint density at radius 2 is 2.23 bits per heavy atom. The molecular weight excluding hydrogens is 284 g/mol. The van der Waals surface area contributed by atoms with Crippen molar-refractivity contribution in [2.24, 2.45) is 0 Å². The highest BCUT2D eigenvalue weighted by Crippen LogP contribution is 2.11. The molecule has 7 nitrogen and oxygen atoms in total. The van der Waals surface area contributed by atoms with E-state index in [1.807, 2.05) is 25.1 Å². The van der Waals surface area contributed by atoms with E-state index in [9.17, 15) is 9.59 Å². The van der Waals surface area contributed by atoms with Crippen LogP contribution in [-0.2, 0) is 16.1 Å². The number of hydrogen-bond donors (Lipinski definition) is 3. The van der Waals surface area contributed by atoms with Gasteiger partial charge in [-0.25, -0.2) is 4.79 Å². The van der Waals surface area contributed by atoms with E-state index in [0.717, 1.165) is 29.7 Å². The molecule has 3 N–H and O–H groups in total. The van der Waals surface area contributed by atoms with E-state index in [1.54, 1.807) is 0 Å². The third kappa shape index (κ3) is 3.05. The fraction of sp³-hybridized carbons (Fsp3) is 0.467. The first kappa shape index (κ1) is 14.8. The van der Waals surface area contributed by atoms with Crippen molar-refractivity contribution >= 4 is 16.9 Å². The predicted octanol–water partition coefficient (Wildman–Crippen LogP) is 0.193. The number of ether oxygens (including phenoxy) is 1. The maximum absolute atomic E-state index is 12.3. The molecule has 118 valence electrons. The Morgan fingerprint density at radius 1 is 1.41 bits per heavy atom. The first-order chi connectivity index (χ1) is 10.7. The number of imidazole rings is 1. The van der Waals surface area contributed by atoms with Crippen LogP contribution in [0.25, 0.3) is 11.0 Å². The number of H-pyrrole nitrogens is 2. The van der Waals surface area contributed by atoms with Crippen LogP contribution >= 0.6 is 0 Å². The Hall–Kier alpha value is -2.12. The largest absolute Gasteiger partial charge is 0.378 e. The van der Waals surface area contributed by atoms with Crippen LogP contribution in [0.2, 0.25) is 0 Å². The minimum absolute atomic E-state index is 0.0239. The van der Waals surface area contributed by atoms with Gasteiger partial charge in [-0.1, -0.05) is 13.0 Å². The smallest absolute Gasteiger partial charge is 0.323 e. The minimum Gasteiger partial charge on any atom is -0.378 e. The van der Waals surface area contributed by atoms with Gasteiger partial charge < -0.3 is 20.0 Å². The zero-order valence-electron chi connectivity index (χ0n) is 12.5. The van der Waals surface area contributed by atoms with Gasteiger partial charge in [0.1, 0.15) is 6.04 Å². The van der Waals surface area contributed by atoms with E-state index in [-0.39, 0.29) is 17.6 Å². The summed E-state index contributed by atoms with van der Waals surface area (Å²) in [6.07, 6.45) is 0. The van der Waals surface area contributed by atoms with Gasteiger partial charge in [0.2, 0.25) is 5.91 Å². The van der Waals surface area contributed by atoms with E-state index in [4.69, 9.17) is 4.74 Å². The van der Waals surface area contributed by atoms with Crippen molar-refractivity contribution in [3.05, 3.63) is 34.2 Å². The molecule has 0 aliphatic carbocycles. The van der Waals surface area contributed by atoms with Gasteiger partial charge in [0.25, 0.3) is 0 Å². The van der Waals surface area contributed by atoms with Gasteiger partial charge in [0, 0.05) is 13.1 Å². The van der Waals surface area contributed by atoms with Crippen LogP contribution in [0.5, 0.6) is 0 Å². The van der Waals surface area contributed by atoms with Crippen molar-refractivity contribution < 1.29 is 9.53 Å². The van der Waals surface area contributed by atoms with E-state index >= 15 is 0 Å². The third-order valence-corrected chi connectivity index (χ3v) is 4.00. The molecule has 0 saturated carbocycles. The van der Waals surface area contributed by atoms with E-state index in [2.05, 4.69) is 20.2 Å². The molecule has 0 radical (unpaired) electrons. The summed E-state index contributed by atoms with van der Waals surface area (Å²) < 4.78 is 5.40. The standard InChI is InChI=1S/C15H20N4O3/c1-2-19-5-6-22-9-13(19)14(20)16-8-10-3-4-11-12(7-10)18-15(21)17-11/h3-4,7,13H,2,5-6,8-9H2,1H3,(H,16,20)(H2,17,18,21). The number of aromatic nitrogens is 2. The van der Waals surface area contributed by atoms with Crippen LogP contribution in [0, 0.1) is 0 Å². The van der Waals surface area contributed by atoms with Crippen molar-refractivity contribution in [2.75, 3.05) is 26.3 Å². The number of carbonyl (C=O) groups is 1. The second-order valence-corrected chi connectivity index (χ2v) is 5.40. The van der Waals surface area contributed by atoms with Crippen LogP contribution in [0.15, 0.2) is 23.0 Å². The first-order valence-corrected chi connectivity index (χ1v) is 7.48. The molecule has 1 saturated heterocycles. The zero-order chi connectivity index (χ0) is 15.5. The summed E-state index contributed by atoms with van der Waals surface area (Å²) in [4.78, 5) is 31.1. The molecule has 1 aliphatic rings. The van der Waals surface area contributed by atoms with Gasteiger partial charge in [-0.2, -0.15) is 0 Å². The molecule has 1 aromatic heterocycles. The topological polar surface area (TPSA) is 90.2 Å². The van der Waals surface area contributed by atoms with E-state index in [0.29, 0.717) is 19.8 Å². The molecule has 0 spiro atoms. The average Bonchev–Trinajstić information content (AvgIpc) is 2.91. The highest BCUT2D eigenvalue weighted by atomic mass is 16.5. The molecule has 7 heteroatoms. The van der Waals surface area contributed by atoms with E-state index in [1.165, 1.54) is 0 Å². The highest BCUT2D eigenvalue weighted by Gasteiger charge is 2.27. The molecule has 0 bridgehead atoms. The van der Waals surface area contributed by atoms with Gasteiger partial charge in [-0.05, 0) is 24.2 Å². The normalized spacial score (nSPS) is 19.4. The summed E-state index contributed by atoms with van der Waals surface area (Å²) in [6, 6.07) is 5.36. The molecule has 22 heavy (non-hydrogen) atoms. The van der Waals surface area contributed by atoms with Gasteiger partial charge in [0.05, 0.1) is 24.2 Å². The van der Waals surface area contributed by atoms with Crippen molar-refractivity contribution in [2.45, 2.75) is 19.5 Å². The lowest BCUT2D eigenvalue weighted by molar-refractivity contribution is -0.132. The number of nitrogens with one attached hydrogen (secondary N) is 3. The fourth-order valence-electron chi connectivity index (χ4n) is 2.75. The lowest BCUT2D eigenvalue weighted by atomic mass is 10.1. The molecule has 1 unspecified atom stereocenters. The summed E-state index contributed by atoms with van der Waals surface area (Å²) in [5.74, 6) is -0.0239. The molecule has 1 aliphatic heterocycles. The summed E-state index contributed by atoms with van der Waals surface area (Å²) in [6.45, 7) is 5.19. The molecule has 1 atom stereocenters. The number of nitrogens with zero attached hydrogens (tertiary/aromatic N) is 1. The molecule has 1 aromatic carbocycles. The van der Waals surface area contributed by atoms with Crippen molar-refractivity contribution in [3.63, 3.8) is 0 Å². The van der Waals surface area contributed by atoms with Crippen LogP contribution in [0.4, 0.5) is 0 Å². The number of aromatic amines is 2. The number of hydrogen-bond acceptors (Lipinski definition) is 4. The first-order valence-electron chi connectivity index (χ1n) is 7.48. The summed E-state index contributed by atoms with van der Waals surface area (Å²) in [5, 5.41) is 2.94. The number of amides is 1. The Bertz CT molecular complexity index is 721. The fourth-order valence-corrected chi connectivity index (χ4v) is 2.75. The third-order valence-electron chi connectivity index (χ3n) is 4.00. The quantitative estimate of drug-likeness (QED) is 0.752. The monoisotopic (exact) mass is 304 g/mol. The maximum Gasteiger partial charge on any atom is 0.323 e. The minimum atomic E-state index is -0.228. The number of benzene rings is 1. The Kier molecular flexibility index (Phi) is 4.26. The van der Waals surface area contributed by atoms with Gasteiger partial charge >= 0.3 is 5.69 Å². The second kappa shape index (κ2) is 6.33. The van der Waals surface area contributed by atoms with Crippen molar-refractivity contribution in [3.8, 4) is 0 Å². The zero-order valence-corrected chi connectivity index (χ0v) is 12.5. The maximum atomic E-state index is 12.3. The molecule has 2 heterocycles. The van der Waals surface area contributed by atoms with Gasteiger partial charge in [-0.3, -0.25) is 9.69 Å². The lowest BCUT2D eigenvalue weighted by Gasteiger charge is -2.33. The SMILES string of the molecule is CCN1CCOCC1C(=O)NCc1ccc2[nH]c(=O)[nH]c2c1. The summed E-state index contributed by atoms with van der Waals surface area (Å²) >= 11 is 0. The molecular formula is C15H20N4O3. The molecule has 1 fully saturated rings. The molecule has 1 amide bonds. The van der Waals surface area contributed by atoms with Crippen LogP contribution in [0.3, 0.4) is 0 Å². The van der Waals surface area contributed by atoms with Crippen molar-refractivity contribution in [1.29, 1.82) is 0 Å². The Labute approximate surface area is 127 Å². The lowest BCUT2D eigenvalue weighted by Crippen LogP contribution is -2.53. The molecule has 2 aromatic rings. The number of rotatable bonds is 4. The van der Waals surface area contributed by atoms with Crippen LogP contribution < -0.4 is 11.0 Å². The van der Waals surface area contributed by atoms with Crippen LogP contribution in [0.1, 0.15) is 12.5 Å². The number of morpholine rings is 1. The summed E-state index contributed by atoms with van der Waals surface area (Å²) in [5.41, 5.74) is 2.22. The van der Waals surface area contributed by atoms with Crippen molar-refractivity contribution in [1.82, 2.24) is 20.2 Å². The van der Waals surface area contributed by atoms with Gasteiger partial charge in [-0.15, -0.1) is 0 Å². The van der Waals surface area contributed by atoms with Gasteiger partial charge in [0.15, 0.2) is 0 Å². The average molecular weight is 304 g/mol. The number of likely N-dealkylation sites (N-methyl/N-ethyl adjacent to an activating group) is 1. The van der Waals surface area contributed by atoms with Crippen LogP contribution in [-0.4, -0.2) is 53.1 Å². The Balaban J connectivity index is 1.65. The number of fused-ring (bicyclic) bond motifs is 1. The highest BCUT2D eigenvalue weighted by molar-refractivity contribution is 5.82. The molecule has 3 rings (SSSR count). The second-order valence-electron chi connectivity index (χ2n) is 5.40. The summed E-state index contributed by atoms with van der Waals surface area (Å²) in [7, 11) is 0. The van der Waals surface area contributed by atoms with E-state index < -0.39 is 0 Å². The Morgan fingerprint density at radius 3 is 3.05 bits per heavy atom.